The maximum Gasteiger partial charge on any atom is 0.141 e. The Labute approximate surface area is 133 Å². The monoisotopic (exact) mass is 310 g/mol. The lowest BCUT2D eigenvalue weighted by Crippen LogP contribution is -2.44. The molecule has 0 unspecified atom stereocenters. The quantitative estimate of drug-likeness (QED) is 0.790. The number of hydrogen-bond acceptors (Lipinski definition) is 5. The summed E-state index contributed by atoms with van der Waals surface area (Å²) < 4.78 is 0. The van der Waals surface area contributed by atoms with Crippen LogP contribution in [0.2, 0.25) is 0 Å². The van der Waals surface area contributed by atoms with Gasteiger partial charge in [-0.15, -0.1) is 11.3 Å². The molecule has 4 rings (SSSR count). The summed E-state index contributed by atoms with van der Waals surface area (Å²) in [5, 5.41) is 6.81. The van der Waals surface area contributed by atoms with E-state index >= 15 is 0 Å². The van der Waals surface area contributed by atoms with Gasteiger partial charge in [0.1, 0.15) is 16.5 Å². The number of nitrogens with one attached hydrogen (secondary N) is 1. The molecule has 2 aromatic heterocycles. The van der Waals surface area contributed by atoms with Gasteiger partial charge in [0.05, 0.1) is 5.39 Å². The van der Waals surface area contributed by atoms with Crippen LogP contribution in [-0.4, -0.2) is 36.1 Å². The smallest absolute Gasteiger partial charge is 0.141 e. The molecule has 1 N–H and O–H groups in total. The number of nitrogens with zero attached hydrogens (tertiary/aromatic N) is 3. The van der Waals surface area contributed by atoms with Gasteiger partial charge in [-0.25, -0.2) is 9.97 Å². The Hall–Kier alpha value is -1.98. The minimum Gasteiger partial charge on any atom is -0.353 e. The molecule has 1 fully saturated rings. The minimum absolute atomic E-state index is 0.850. The molecule has 0 aliphatic carbocycles. The van der Waals surface area contributed by atoms with Crippen LogP contribution < -0.4 is 10.2 Å². The average Bonchev–Trinajstić information content (AvgIpc) is 2.99. The fourth-order valence-electron chi connectivity index (χ4n) is 2.96. The van der Waals surface area contributed by atoms with Crippen LogP contribution in [0, 0.1) is 6.92 Å². The lowest BCUT2D eigenvalue weighted by Gasteiger charge is -2.29. The van der Waals surface area contributed by atoms with E-state index in [1.165, 1.54) is 16.5 Å². The van der Waals surface area contributed by atoms with E-state index in [-0.39, 0.29) is 0 Å². The second-order valence-electron chi connectivity index (χ2n) is 5.53. The molecule has 0 saturated carbocycles. The first kappa shape index (κ1) is 13.7. The zero-order valence-electron chi connectivity index (χ0n) is 12.5. The van der Waals surface area contributed by atoms with E-state index in [0.29, 0.717) is 0 Å². The van der Waals surface area contributed by atoms with Gasteiger partial charge in [-0.2, -0.15) is 0 Å². The molecular formula is C17H18N4S. The zero-order valence-corrected chi connectivity index (χ0v) is 13.4. The SMILES string of the molecule is Cc1nc(N2CCNCC2)c2c(-c3ccccc3)csc2n1. The van der Waals surface area contributed by atoms with Crippen molar-refractivity contribution in [2.24, 2.45) is 0 Å². The molecule has 0 atom stereocenters. The summed E-state index contributed by atoms with van der Waals surface area (Å²) >= 11 is 1.71. The molecule has 3 heterocycles. The van der Waals surface area contributed by atoms with Gasteiger partial charge in [-0.1, -0.05) is 30.3 Å². The third-order valence-corrected chi connectivity index (χ3v) is 4.90. The van der Waals surface area contributed by atoms with Gasteiger partial charge in [-0.05, 0) is 12.5 Å². The lowest BCUT2D eigenvalue weighted by molar-refractivity contribution is 0.585. The number of benzene rings is 1. The summed E-state index contributed by atoms with van der Waals surface area (Å²) in [5.41, 5.74) is 2.48. The second kappa shape index (κ2) is 5.66. The molecule has 3 aromatic rings. The summed E-state index contributed by atoms with van der Waals surface area (Å²) in [6.07, 6.45) is 0. The first-order valence-electron chi connectivity index (χ1n) is 7.60. The van der Waals surface area contributed by atoms with E-state index in [1.807, 2.05) is 6.92 Å². The predicted molar refractivity (Wildman–Crippen MR) is 92.7 cm³/mol. The number of anilines is 1. The number of aromatic nitrogens is 2. The van der Waals surface area contributed by atoms with Crippen LogP contribution in [0.5, 0.6) is 0 Å². The third-order valence-electron chi connectivity index (χ3n) is 4.03. The lowest BCUT2D eigenvalue weighted by atomic mass is 10.1. The fourth-order valence-corrected chi connectivity index (χ4v) is 3.95. The Morgan fingerprint density at radius 2 is 1.86 bits per heavy atom. The van der Waals surface area contributed by atoms with Crippen molar-refractivity contribution in [3.63, 3.8) is 0 Å². The van der Waals surface area contributed by atoms with Crippen molar-refractivity contribution in [2.45, 2.75) is 6.92 Å². The number of hydrogen-bond donors (Lipinski definition) is 1. The van der Waals surface area contributed by atoms with Gasteiger partial charge in [0, 0.05) is 37.1 Å². The van der Waals surface area contributed by atoms with Crippen molar-refractivity contribution in [3.8, 4) is 11.1 Å². The summed E-state index contributed by atoms with van der Waals surface area (Å²) in [7, 11) is 0. The molecule has 112 valence electrons. The third kappa shape index (κ3) is 2.36. The number of rotatable bonds is 2. The number of piperazine rings is 1. The van der Waals surface area contributed by atoms with Gasteiger partial charge in [0.15, 0.2) is 0 Å². The van der Waals surface area contributed by atoms with Crippen molar-refractivity contribution >= 4 is 27.4 Å². The second-order valence-corrected chi connectivity index (χ2v) is 6.39. The van der Waals surface area contributed by atoms with Crippen LogP contribution >= 0.6 is 11.3 Å². The molecule has 1 aromatic carbocycles. The highest BCUT2D eigenvalue weighted by molar-refractivity contribution is 7.17. The van der Waals surface area contributed by atoms with E-state index in [9.17, 15) is 0 Å². The van der Waals surface area contributed by atoms with Crippen molar-refractivity contribution in [1.82, 2.24) is 15.3 Å². The molecule has 0 spiro atoms. The highest BCUT2D eigenvalue weighted by Gasteiger charge is 2.20. The van der Waals surface area contributed by atoms with Crippen molar-refractivity contribution < 1.29 is 0 Å². The maximum atomic E-state index is 4.78. The standard InChI is InChI=1S/C17H18N4S/c1-12-19-16(21-9-7-18-8-10-21)15-14(11-22-17(15)20-12)13-5-3-2-4-6-13/h2-6,11,18H,7-10H2,1H3. The Morgan fingerprint density at radius 1 is 1.09 bits per heavy atom. The molecule has 4 nitrogen and oxygen atoms in total. The molecular weight excluding hydrogens is 292 g/mol. The molecule has 1 saturated heterocycles. The molecule has 0 bridgehead atoms. The maximum absolute atomic E-state index is 4.78. The Kier molecular flexibility index (Phi) is 3.52. The molecule has 1 aliphatic heterocycles. The highest BCUT2D eigenvalue weighted by Crippen LogP contribution is 2.38. The fraction of sp³-hybridized carbons (Fsp3) is 0.294. The van der Waals surface area contributed by atoms with Crippen molar-refractivity contribution in [3.05, 3.63) is 41.5 Å². The minimum atomic E-state index is 0.850. The van der Waals surface area contributed by atoms with Gasteiger partial charge < -0.3 is 10.2 Å². The first-order chi connectivity index (χ1) is 10.8. The van der Waals surface area contributed by atoms with E-state index < -0.39 is 0 Å². The summed E-state index contributed by atoms with van der Waals surface area (Å²) in [6.45, 7) is 5.99. The van der Waals surface area contributed by atoms with Crippen LogP contribution in [0.3, 0.4) is 0 Å². The molecule has 0 amide bonds. The number of aryl methyl sites for hydroxylation is 1. The van der Waals surface area contributed by atoms with Crippen molar-refractivity contribution in [2.75, 3.05) is 31.1 Å². The van der Waals surface area contributed by atoms with Crippen LogP contribution in [0.4, 0.5) is 5.82 Å². The Balaban J connectivity index is 1.92. The Bertz CT molecular complexity index is 791. The summed E-state index contributed by atoms with van der Waals surface area (Å²) in [4.78, 5) is 12.9. The van der Waals surface area contributed by atoms with E-state index in [2.05, 4.69) is 50.9 Å². The number of fused-ring (bicyclic) bond motifs is 1. The van der Waals surface area contributed by atoms with Gasteiger partial charge in [-0.3, -0.25) is 0 Å². The summed E-state index contributed by atoms with van der Waals surface area (Å²) in [6, 6.07) is 10.5. The molecule has 5 heteroatoms. The van der Waals surface area contributed by atoms with E-state index in [0.717, 1.165) is 42.7 Å². The Morgan fingerprint density at radius 3 is 2.64 bits per heavy atom. The van der Waals surface area contributed by atoms with Gasteiger partial charge in [0.2, 0.25) is 0 Å². The van der Waals surface area contributed by atoms with Crippen LogP contribution in [0.1, 0.15) is 5.82 Å². The van der Waals surface area contributed by atoms with Gasteiger partial charge in [0.25, 0.3) is 0 Å². The largest absolute Gasteiger partial charge is 0.353 e. The predicted octanol–water partition coefficient (Wildman–Crippen LogP) is 3.08. The average molecular weight is 310 g/mol. The summed E-state index contributed by atoms with van der Waals surface area (Å²) in [5.74, 6) is 1.94. The topological polar surface area (TPSA) is 41.1 Å². The molecule has 0 radical (unpaired) electrons. The van der Waals surface area contributed by atoms with Gasteiger partial charge >= 0.3 is 0 Å². The number of thiophene rings is 1. The molecule has 22 heavy (non-hydrogen) atoms. The van der Waals surface area contributed by atoms with E-state index in [1.54, 1.807) is 11.3 Å². The van der Waals surface area contributed by atoms with Crippen LogP contribution in [-0.2, 0) is 0 Å². The van der Waals surface area contributed by atoms with Crippen LogP contribution in [0.25, 0.3) is 21.3 Å². The van der Waals surface area contributed by atoms with Crippen LogP contribution in [0.15, 0.2) is 35.7 Å². The first-order valence-corrected chi connectivity index (χ1v) is 8.48. The van der Waals surface area contributed by atoms with Crippen molar-refractivity contribution in [1.29, 1.82) is 0 Å². The zero-order chi connectivity index (χ0) is 14.9. The normalized spacial score (nSPS) is 15.4. The van der Waals surface area contributed by atoms with E-state index in [4.69, 9.17) is 4.98 Å². The highest BCUT2D eigenvalue weighted by atomic mass is 32.1. The molecule has 1 aliphatic rings.